The van der Waals surface area contributed by atoms with Crippen molar-refractivity contribution < 1.29 is 0 Å². The van der Waals surface area contributed by atoms with Gasteiger partial charge in [0.05, 0.1) is 0 Å². The summed E-state index contributed by atoms with van der Waals surface area (Å²) in [6.07, 6.45) is 0. The van der Waals surface area contributed by atoms with Gasteiger partial charge in [0.2, 0.25) is 0 Å². The number of hydrogen-bond acceptors (Lipinski definition) is 1. The molecule has 0 fully saturated rings. The molecule has 0 nitrogen and oxygen atoms in total. The molecular weight excluding hydrogens is 621 g/mol. The highest BCUT2D eigenvalue weighted by Crippen LogP contribution is 2.53. The predicted octanol–water partition coefficient (Wildman–Crippen LogP) is 14.7. The lowest BCUT2D eigenvalue weighted by molar-refractivity contribution is 1.39. The Morgan fingerprint density at radius 3 is 1.82 bits per heavy atom. The first-order valence-corrected chi connectivity index (χ1v) is 18.4. The molecule has 0 saturated heterocycles. The molecule has 232 valence electrons. The summed E-state index contributed by atoms with van der Waals surface area (Å²) in [5, 5.41) is 24.4. The van der Waals surface area contributed by atoms with E-state index in [9.17, 15) is 0 Å². The lowest BCUT2D eigenvalue weighted by Crippen LogP contribution is -1.88. The molecule has 0 spiro atoms. The summed E-state index contributed by atoms with van der Waals surface area (Å²) in [6, 6.07) is 49.0. The maximum atomic E-state index is 2.56. The molecule has 0 unspecified atom stereocenters. The van der Waals surface area contributed by atoms with Crippen LogP contribution < -0.4 is 0 Å². The molecule has 12 rings (SSSR count). The van der Waals surface area contributed by atoms with Gasteiger partial charge >= 0.3 is 0 Å². The fourth-order valence-electron chi connectivity index (χ4n) is 9.61. The van der Waals surface area contributed by atoms with E-state index >= 15 is 0 Å². The van der Waals surface area contributed by atoms with E-state index in [1.807, 2.05) is 11.3 Å². The van der Waals surface area contributed by atoms with E-state index in [0.29, 0.717) is 0 Å². The zero-order valence-electron chi connectivity index (χ0n) is 28.0. The van der Waals surface area contributed by atoms with Crippen LogP contribution in [0.4, 0.5) is 0 Å². The highest BCUT2D eigenvalue weighted by atomic mass is 32.1. The molecule has 1 aromatic heterocycles. The maximum Gasteiger partial charge on any atom is 0.0355 e. The summed E-state index contributed by atoms with van der Waals surface area (Å²) in [5.41, 5.74) is 6.70. The molecule has 0 aliphatic carbocycles. The molecule has 1 heterocycles. The van der Waals surface area contributed by atoms with Crippen LogP contribution in [0, 0.1) is 20.8 Å². The molecule has 0 saturated carbocycles. The molecule has 0 radical (unpaired) electrons. The average molecular weight is 651 g/mol. The van der Waals surface area contributed by atoms with Crippen molar-refractivity contribution in [3.63, 3.8) is 0 Å². The van der Waals surface area contributed by atoms with Gasteiger partial charge in [0.1, 0.15) is 0 Å². The van der Waals surface area contributed by atoms with Gasteiger partial charge in [-0.3, -0.25) is 0 Å². The summed E-state index contributed by atoms with van der Waals surface area (Å²) in [4.78, 5) is 0. The maximum absolute atomic E-state index is 2.56. The third-order valence-corrected chi connectivity index (χ3v) is 13.0. The third kappa shape index (κ3) is 3.27. The summed E-state index contributed by atoms with van der Waals surface area (Å²) in [5.74, 6) is 0. The van der Waals surface area contributed by atoms with Crippen LogP contribution in [-0.4, -0.2) is 0 Å². The van der Waals surface area contributed by atoms with Crippen molar-refractivity contribution in [3.8, 4) is 11.1 Å². The van der Waals surface area contributed by atoms with E-state index < -0.39 is 0 Å². The van der Waals surface area contributed by atoms with Gasteiger partial charge < -0.3 is 0 Å². The summed E-state index contributed by atoms with van der Waals surface area (Å²) >= 11 is 1.89. The average Bonchev–Trinajstić information content (AvgIpc) is 3.78. The summed E-state index contributed by atoms with van der Waals surface area (Å²) in [6.45, 7) is 6.81. The molecular formula is C49H30S. The molecule has 1 heteroatoms. The first kappa shape index (κ1) is 27.1. The quantitative estimate of drug-likeness (QED) is 0.122. The summed E-state index contributed by atoms with van der Waals surface area (Å²) < 4.78 is 2.68. The van der Waals surface area contributed by atoms with Gasteiger partial charge in [-0.15, -0.1) is 11.3 Å². The Morgan fingerprint density at radius 2 is 0.980 bits per heavy atom. The van der Waals surface area contributed by atoms with E-state index in [1.54, 1.807) is 0 Å². The Bertz CT molecular complexity index is 3450. The largest absolute Gasteiger partial charge is 0.135 e. The smallest absolute Gasteiger partial charge is 0.0355 e. The SMILES string of the molecule is Cc1cc2c(C)c(C)cc3c4cc5c(cc4c(c1)c23)c(-c1ccc2sc3ccccc3c2c1)c1c2ccccc2c2c3ccccc3cc5c12. The van der Waals surface area contributed by atoms with Gasteiger partial charge in [0.25, 0.3) is 0 Å². The Hall–Kier alpha value is -5.76. The fourth-order valence-corrected chi connectivity index (χ4v) is 10.7. The van der Waals surface area contributed by atoms with Crippen molar-refractivity contribution in [1.29, 1.82) is 0 Å². The minimum absolute atomic E-state index is 1.29. The van der Waals surface area contributed by atoms with Crippen LogP contribution in [0.2, 0.25) is 0 Å². The van der Waals surface area contributed by atoms with E-state index in [1.165, 1.54) is 134 Å². The first-order valence-electron chi connectivity index (χ1n) is 17.6. The summed E-state index contributed by atoms with van der Waals surface area (Å²) in [7, 11) is 0. The van der Waals surface area contributed by atoms with Crippen molar-refractivity contribution in [3.05, 3.63) is 144 Å². The Balaban J connectivity index is 1.38. The number of rotatable bonds is 1. The lowest BCUT2D eigenvalue weighted by Gasteiger charge is -2.16. The number of hydrogen-bond donors (Lipinski definition) is 0. The van der Waals surface area contributed by atoms with Crippen molar-refractivity contribution >= 4 is 118 Å². The minimum Gasteiger partial charge on any atom is -0.135 e. The second-order valence-electron chi connectivity index (χ2n) is 14.5. The fraction of sp³-hybridized carbons (Fsp3) is 0.0612. The van der Waals surface area contributed by atoms with Crippen LogP contribution in [0.1, 0.15) is 16.7 Å². The highest BCUT2D eigenvalue weighted by Gasteiger charge is 2.24. The molecule has 0 aliphatic heterocycles. The van der Waals surface area contributed by atoms with Crippen LogP contribution in [0.3, 0.4) is 0 Å². The van der Waals surface area contributed by atoms with Gasteiger partial charge in [-0.1, -0.05) is 91.0 Å². The standard InChI is InChI=1S/C49H30S/c1-25-18-34-27(3)26(2)20-40-35-23-37-41-21-28-10-4-5-11-30(28)47-32-13-6-7-14-33(32)48(49(41)47)45(42(37)24-36(35)39(19-25)46(34)40)29-16-17-44-38(22-29)31-12-8-9-15-43(31)50-44/h4-24H,1-3H3. The molecule has 11 aromatic carbocycles. The molecule has 12 aromatic rings. The second kappa shape index (κ2) is 9.27. The van der Waals surface area contributed by atoms with Gasteiger partial charge in [0, 0.05) is 20.2 Å². The van der Waals surface area contributed by atoms with Crippen LogP contribution in [0.5, 0.6) is 0 Å². The Labute approximate surface area is 292 Å². The van der Waals surface area contributed by atoms with Gasteiger partial charge in [-0.2, -0.15) is 0 Å². The van der Waals surface area contributed by atoms with Crippen molar-refractivity contribution in [1.82, 2.24) is 0 Å². The molecule has 0 bridgehead atoms. The number of benzene rings is 9. The lowest BCUT2D eigenvalue weighted by atomic mass is 9.87. The van der Waals surface area contributed by atoms with E-state index in [4.69, 9.17) is 0 Å². The minimum atomic E-state index is 1.29. The zero-order valence-corrected chi connectivity index (χ0v) is 28.8. The van der Waals surface area contributed by atoms with Gasteiger partial charge in [-0.05, 0) is 171 Å². The monoisotopic (exact) mass is 650 g/mol. The van der Waals surface area contributed by atoms with Gasteiger partial charge in [0.15, 0.2) is 0 Å². The topological polar surface area (TPSA) is 0 Å². The second-order valence-corrected chi connectivity index (χ2v) is 15.6. The predicted molar refractivity (Wildman–Crippen MR) is 221 cm³/mol. The van der Waals surface area contributed by atoms with Crippen molar-refractivity contribution in [2.45, 2.75) is 20.8 Å². The first-order chi connectivity index (χ1) is 24.5. The van der Waals surface area contributed by atoms with Crippen LogP contribution >= 0.6 is 11.3 Å². The van der Waals surface area contributed by atoms with Crippen LogP contribution in [-0.2, 0) is 0 Å². The number of thiophene rings is 1. The third-order valence-electron chi connectivity index (χ3n) is 11.9. The van der Waals surface area contributed by atoms with E-state index in [0.717, 1.165) is 0 Å². The normalized spacial score (nSPS) is 12.7. The van der Waals surface area contributed by atoms with Crippen LogP contribution in [0.25, 0.3) is 117 Å². The van der Waals surface area contributed by atoms with Crippen LogP contribution in [0.15, 0.2) is 127 Å². The molecule has 0 atom stereocenters. The van der Waals surface area contributed by atoms with Crippen molar-refractivity contribution in [2.75, 3.05) is 0 Å². The molecule has 50 heavy (non-hydrogen) atoms. The Morgan fingerprint density at radius 1 is 0.360 bits per heavy atom. The van der Waals surface area contributed by atoms with E-state index in [-0.39, 0.29) is 0 Å². The molecule has 0 amide bonds. The number of fused-ring (bicyclic) bond motifs is 13. The Kier molecular flexibility index (Phi) is 5.02. The highest BCUT2D eigenvalue weighted by molar-refractivity contribution is 7.25. The number of aryl methyl sites for hydroxylation is 3. The zero-order chi connectivity index (χ0) is 33.0. The van der Waals surface area contributed by atoms with Crippen molar-refractivity contribution in [2.24, 2.45) is 0 Å². The van der Waals surface area contributed by atoms with Gasteiger partial charge in [-0.25, -0.2) is 0 Å². The molecule has 0 aliphatic rings. The molecule has 0 N–H and O–H groups in total. The van der Waals surface area contributed by atoms with E-state index in [2.05, 4.69) is 148 Å².